The first-order valence-corrected chi connectivity index (χ1v) is 11.3. The molecule has 4 N–H and O–H groups in total. The second-order valence-electron chi connectivity index (χ2n) is 7.40. The zero-order valence-electron chi connectivity index (χ0n) is 16.6. The van der Waals surface area contributed by atoms with Crippen LogP contribution in [0.1, 0.15) is 12.5 Å². The van der Waals surface area contributed by atoms with Gasteiger partial charge in [0.15, 0.2) is 0 Å². The Morgan fingerprint density at radius 1 is 1.13 bits per heavy atom. The van der Waals surface area contributed by atoms with Crippen molar-refractivity contribution >= 4 is 31.7 Å². The number of hydrogen-bond donors (Lipinski definition) is 4. The van der Waals surface area contributed by atoms with Crippen LogP contribution < -0.4 is 10.0 Å². The number of aromatic nitrogens is 2. The Kier molecular flexibility index (Phi) is 5.72. The van der Waals surface area contributed by atoms with E-state index in [1.165, 1.54) is 0 Å². The first-order valence-electron chi connectivity index (χ1n) is 9.78. The predicted molar refractivity (Wildman–Crippen MR) is 118 cm³/mol. The molecule has 8 heteroatoms. The highest BCUT2D eigenvalue weighted by Crippen LogP contribution is 2.23. The van der Waals surface area contributed by atoms with Crippen LogP contribution in [0.5, 0.6) is 5.75 Å². The van der Waals surface area contributed by atoms with E-state index in [9.17, 15) is 13.5 Å². The van der Waals surface area contributed by atoms with Gasteiger partial charge in [-0.05, 0) is 67.2 Å². The minimum Gasteiger partial charge on any atom is -0.508 e. The number of aromatic hydroxyl groups is 1. The van der Waals surface area contributed by atoms with Crippen molar-refractivity contribution in [2.75, 3.05) is 13.1 Å². The van der Waals surface area contributed by atoms with Crippen LogP contribution in [-0.2, 0) is 16.4 Å². The van der Waals surface area contributed by atoms with E-state index in [0.29, 0.717) is 13.1 Å². The number of pyridine rings is 1. The number of phenols is 1. The van der Waals surface area contributed by atoms with E-state index in [2.05, 4.69) is 20.0 Å². The van der Waals surface area contributed by atoms with Crippen LogP contribution in [0.3, 0.4) is 0 Å². The molecule has 30 heavy (non-hydrogen) atoms. The normalized spacial score (nSPS) is 13.1. The quantitative estimate of drug-likeness (QED) is 0.325. The largest absolute Gasteiger partial charge is 0.508 e. The molecule has 0 aliphatic rings. The van der Waals surface area contributed by atoms with Gasteiger partial charge < -0.3 is 15.4 Å². The Morgan fingerprint density at radius 2 is 2.00 bits per heavy atom. The number of rotatable bonds is 8. The SMILES string of the molecule is CC(CNCCc1c[nH]c2ccc(O)cc12)NS(=O)(=O)c1ccc2cnccc2c1. The van der Waals surface area contributed by atoms with E-state index in [0.717, 1.165) is 33.7 Å². The van der Waals surface area contributed by atoms with Gasteiger partial charge in [-0.25, -0.2) is 13.1 Å². The molecule has 2 aromatic carbocycles. The maximum Gasteiger partial charge on any atom is 0.240 e. The minimum atomic E-state index is -3.61. The molecule has 1 atom stereocenters. The number of phenolic OH excluding ortho intramolecular Hbond substituents is 1. The summed E-state index contributed by atoms with van der Waals surface area (Å²) < 4.78 is 28.1. The standard InChI is InChI=1S/C22H24N4O3S/c1-15(12-23-9-7-18-14-25-22-5-3-19(27)11-21(18)22)26-30(28,29)20-4-2-17-13-24-8-6-16(17)10-20/h2-6,8,10-11,13-15,23,25-27H,7,9,12H2,1H3. The van der Waals surface area contributed by atoms with Gasteiger partial charge in [-0.2, -0.15) is 0 Å². The van der Waals surface area contributed by atoms with E-state index in [4.69, 9.17) is 0 Å². The molecular weight excluding hydrogens is 400 g/mol. The molecule has 0 saturated carbocycles. The average molecular weight is 425 g/mol. The number of nitrogens with one attached hydrogen (secondary N) is 3. The van der Waals surface area contributed by atoms with Gasteiger partial charge in [0.2, 0.25) is 10.0 Å². The van der Waals surface area contributed by atoms with Gasteiger partial charge in [0.05, 0.1) is 4.90 Å². The van der Waals surface area contributed by atoms with Gasteiger partial charge in [-0.1, -0.05) is 6.07 Å². The number of benzene rings is 2. The summed E-state index contributed by atoms with van der Waals surface area (Å²) in [4.78, 5) is 7.48. The smallest absolute Gasteiger partial charge is 0.240 e. The second kappa shape index (κ2) is 8.43. The van der Waals surface area contributed by atoms with Crippen LogP contribution in [0, 0.1) is 0 Å². The zero-order chi connectivity index (χ0) is 21.1. The van der Waals surface area contributed by atoms with Crippen molar-refractivity contribution in [2.24, 2.45) is 0 Å². The fraction of sp³-hybridized carbons (Fsp3) is 0.227. The lowest BCUT2D eigenvalue weighted by Gasteiger charge is -2.15. The zero-order valence-corrected chi connectivity index (χ0v) is 17.4. The fourth-order valence-electron chi connectivity index (χ4n) is 3.52. The summed E-state index contributed by atoms with van der Waals surface area (Å²) in [6, 6.07) is 11.8. The van der Waals surface area contributed by atoms with Gasteiger partial charge in [0, 0.05) is 47.5 Å². The van der Waals surface area contributed by atoms with Crippen molar-refractivity contribution in [3.8, 4) is 5.75 Å². The number of nitrogens with zero attached hydrogens (tertiary/aromatic N) is 1. The average Bonchev–Trinajstić information content (AvgIpc) is 3.12. The van der Waals surface area contributed by atoms with Gasteiger partial charge in [0.25, 0.3) is 0 Å². The third-order valence-electron chi connectivity index (χ3n) is 5.05. The third kappa shape index (κ3) is 4.46. The lowest BCUT2D eigenvalue weighted by atomic mass is 10.1. The first kappa shape index (κ1) is 20.3. The highest BCUT2D eigenvalue weighted by Gasteiger charge is 2.17. The molecule has 156 valence electrons. The molecule has 0 aliphatic heterocycles. The van der Waals surface area contributed by atoms with Crippen LogP contribution >= 0.6 is 0 Å². The summed E-state index contributed by atoms with van der Waals surface area (Å²) in [6.07, 6.45) is 6.06. The lowest BCUT2D eigenvalue weighted by Crippen LogP contribution is -2.40. The molecule has 2 heterocycles. The van der Waals surface area contributed by atoms with Crippen molar-refractivity contribution < 1.29 is 13.5 Å². The second-order valence-corrected chi connectivity index (χ2v) is 9.12. The van der Waals surface area contributed by atoms with Crippen molar-refractivity contribution in [3.05, 3.63) is 66.6 Å². The van der Waals surface area contributed by atoms with E-state index in [-0.39, 0.29) is 16.7 Å². The molecule has 0 aliphatic carbocycles. The lowest BCUT2D eigenvalue weighted by molar-refractivity contribution is 0.476. The summed E-state index contributed by atoms with van der Waals surface area (Å²) >= 11 is 0. The summed E-state index contributed by atoms with van der Waals surface area (Å²) in [7, 11) is -3.61. The Morgan fingerprint density at radius 3 is 2.87 bits per heavy atom. The minimum absolute atomic E-state index is 0.240. The molecule has 0 bridgehead atoms. The number of sulfonamides is 1. The van der Waals surface area contributed by atoms with Crippen molar-refractivity contribution in [2.45, 2.75) is 24.3 Å². The molecule has 0 fully saturated rings. The molecule has 2 aromatic heterocycles. The first-order chi connectivity index (χ1) is 14.4. The maximum absolute atomic E-state index is 12.7. The topological polar surface area (TPSA) is 107 Å². The molecule has 1 unspecified atom stereocenters. The summed E-state index contributed by atoms with van der Waals surface area (Å²) in [5.41, 5.74) is 2.09. The Hall–Kier alpha value is -2.94. The van der Waals surface area contributed by atoms with Gasteiger partial charge in [0.1, 0.15) is 5.75 Å². The Balaban J connectivity index is 1.32. The van der Waals surface area contributed by atoms with E-state index < -0.39 is 10.0 Å². The molecule has 0 saturated heterocycles. The highest BCUT2D eigenvalue weighted by molar-refractivity contribution is 7.89. The Labute approximate surface area is 175 Å². The van der Waals surface area contributed by atoms with Crippen molar-refractivity contribution in [3.63, 3.8) is 0 Å². The molecule has 0 amide bonds. The van der Waals surface area contributed by atoms with Crippen LogP contribution in [0.15, 0.2) is 66.0 Å². The Bertz CT molecular complexity index is 1280. The van der Waals surface area contributed by atoms with Gasteiger partial charge in [-0.15, -0.1) is 0 Å². The molecule has 4 aromatic rings. The summed E-state index contributed by atoms with van der Waals surface area (Å²) in [5, 5.41) is 15.7. The van der Waals surface area contributed by atoms with E-state index >= 15 is 0 Å². The number of fused-ring (bicyclic) bond motifs is 2. The van der Waals surface area contributed by atoms with E-state index in [1.807, 2.05) is 19.2 Å². The van der Waals surface area contributed by atoms with Crippen LogP contribution in [-0.4, -0.2) is 42.6 Å². The van der Waals surface area contributed by atoms with Gasteiger partial charge in [-0.3, -0.25) is 4.98 Å². The van der Waals surface area contributed by atoms with Gasteiger partial charge >= 0.3 is 0 Å². The molecular formula is C22H24N4O3S. The molecule has 4 rings (SSSR count). The molecule has 0 radical (unpaired) electrons. The number of hydrogen-bond acceptors (Lipinski definition) is 5. The summed E-state index contributed by atoms with van der Waals surface area (Å²) in [5.74, 6) is 0.240. The maximum atomic E-state index is 12.7. The van der Waals surface area contributed by atoms with Crippen molar-refractivity contribution in [1.82, 2.24) is 20.0 Å². The summed E-state index contributed by atoms with van der Waals surface area (Å²) in [6.45, 7) is 3.03. The van der Waals surface area contributed by atoms with Crippen molar-refractivity contribution in [1.29, 1.82) is 0 Å². The third-order valence-corrected chi connectivity index (χ3v) is 6.64. The molecule has 7 nitrogen and oxygen atoms in total. The highest BCUT2D eigenvalue weighted by atomic mass is 32.2. The monoisotopic (exact) mass is 424 g/mol. The fourth-order valence-corrected chi connectivity index (χ4v) is 4.80. The van der Waals surface area contributed by atoms with Crippen LogP contribution in [0.25, 0.3) is 21.7 Å². The van der Waals surface area contributed by atoms with Crippen LogP contribution in [0.4, 0.5) is 0 Å². The number of aromatic amines is 1. The number of H-pyrrole nitrogens is 1. The van der Waals surface area contributed by atoms with E-state index in [1.54, 1.807) is 48.8 Å². The van der Waals surface area contributed by atoms with Crippen LogP contribution in [0.2, 0.25) is 0 Å². The predicted octanol–water partition coefficient (Wildman–Crippen LogP) is 2.92. The molecule has 0 spiro atoms.